The summed E-state index contributed by atoms with van der Waals surface area (Å²) in [4.78, 5) is 0. The van der Waals surface area contributed by atoms with Crippen LogP contribution in [0.2, 0.25) is 0 Å². The summed E-state index contributed by atoms with van der Waals surface area (Å²) in [5.41, 5.74) is 7.39. The van der Waals surface area contributed by atoms with Gasteiger partial charge in [-0.25, -0.2) is 0 Å². The zero-order chi connectivity index (χ0) is 12.3. The Kier molecular flexibility index (Phi) is 3.89. The number of aryl methyl sites for hydroxylation is 1. The molecule has 16 heavy (non-hydrogen) atoms. The molecule has 0 fully saturated rings. The Morgan fingerprint density at radius 1 is 1.19 bits per heavy atom. The molecule has 1 rings (SSSR count). The van der Waals surface area contributed by atoms with Crippen molar-refractivity contribution in [1.29, 1.82) is 0 Å². The number of benzene rings is 1. The second-order valence-electron chi connectivity index (χ2n) is 4.29. The fraction of sp³-hybridized carbons (Fsp3) is 0.250. The van der Waals surface area contributed by atoms with Gasteiger partial charge in [-0.05, 0) is 55.5 Å². The highest BCUT2D eigenvalue weighted by Gasteiger charge is 2.09. The Bertz CT molecular complexity index is 459. The summed E-state index contributed by atoms with van der Waals surface area (Å²) in [6.07, 6.45) is 1.89. The molecule has 0 saturated heterocycles. The first kappa shape index (κ1) is 12.5. The van der Waals surface area contributed by atoms with Crippen LogP contribution in [0.25, 0.3) is 5.57 Å². The van der Waals surface area contributed by atoms with Gasteiger partial charge in [0.25, 0.3) is 0 Å². The molecule has 0 aromatic heterocycles. The molecule has 0 heteroatoms. The predicted octanol–water partition coefficient (Wildman–Crippen LogP) is 4.84. The van der Waals surface area contributed by atoms with E-state index < -0.39 is 0 Å². The number of hydrogen-bond donors (Lipinski definition) is 0. The van der Waals surface area contributed by atoms with Gasteiger partial charge >= 0.3 is 0 Å². The second-order valence-corrected chi connectivity index (χ2v) is 4.29. The molecule has 0 aliphatic heterocycles. The van der Waals surface area contributed by atoms with Gasteiger partial charge in [0.2, 0.25) is 0 Å². The molecule has 0 aliphatic carbocycles. The van der Waals surface area contributed by atoms with Crippen molar-refractivity contribution >= 4 is 5.57 Å². The summed E-state index contributed by atoms with van der Waals surface area (Å²) < 4.78 is 0. The van der Waals surface area contributed by atoms with E-state index in [1.807, 2.05) is 13.0 Å². The first-order valence-corrected chi connectivity index (χ1v) is 5.54. The molecule has 0 N–H and O–H groups in total. The topological polar surface area (TPSA) is 0 Å². The molecular formula is C16H20. The minimum Gasteiger partial charge on any atom is -0.0988 e. The highest BCUT2D eigenvalue weighted by atomic mass is 14.1. The Hall–Kier alpha value is -1.56. The molecule has 1 aromatic rings. The van der Waals surface area contributed by atoms with E-state index in [1.165, 1.54) is 27.8 Å². The monoisotopic (exact) mass is 212 g/mol. The first-order valence-electron chi connectivity index (χ1n) is 5.54. The van der Waals surface area contributed by atoms with Gasteiger partial charge in [-0.2, -0.15) is 0 Å². The van der Waals surface area contributed by atoms with Gasteiger partial charge in [-0.15, -0.1) is 0 Å². The lowest BCUT2D eigenvalue weighted by atomic mass is 9.90. The van der Waals surface area contributed by atoms with Crippen LogP contribution in [-0.2, 0) is 0 Å². The Morgan fingerprint density at radius 2 is 1.81 bits per heavy atom. The number of rotatable bonds is 3. The van der Waals surface area contributed by atoms with Gasteiger partial charge in [-0.1, -0.05) is 43.0 Å². The zero-order valence-corrected chi connectivity index (χ0v) is 10.7. The molecule has 0 amide bonds. The van der Waals surface area contributed by atoms with Crippen molar-refractivity contribution in [2.24, 2.45) is 0 Å². The Morgan fingerprint density at radius 3 is 2.31 bits per heavy atom. The van der Waals surface area contributed by atoms with Crippen molar-refractivity contribution in [3.05, 3.63) is 65.3 Å². The molecule has 0 bridgehead atoms. The van der Waals surface area contributed by atoms with E-state index in [9.17, 15) is 0 Å². The van der Waals surface area contributed by atoms with E-state index in [-0.39, 0.29) is 0 Å². The largest absolute Gasteiger partial charge is 0.0988 e. The fourth-order valence-electron chi connectivity index (χ4n) is 1.90. The van der Waals surface area contributed by atoms with Crippen LogP contribution in [0.3, 0.4) is 0 Å². The molecule has 0 nitrogen and oxygen atoms in total. The molecule has 0 atom stereocenters. The van der Waals surface area contributed by atoms with Crippen LogP contribution in [0.4, 0.5) is 0 Å². The van der Waals surface area contributed by atoms with E-state index in [0.29, 0.717) is 0 Å². The fourth-order valence-corrected chi connectivity index (χ4v) is 1.90. The maximum Gasteiger partial charge on any atom is -0.0129 e. The third-order valence-electron chi connectivity index (χ3n) is 3.00. The second kappa shape index (κ2) is 4.98. The lowest BCUT2D eigenvalue weighted by Crippen LogP contribution is -1.94. The van der Waals surface area contributed by atoms with Crippen molar-refractivity contribution in [1.82, 2.24) is 0 Å². The standard InChI is InChI=1S/C16H20/c1-7-12(4)16(11(2)3)15-10-8-9-13(5)14(15)6/h7-10H,1-2H2,3-6H3/b16-12-. The first-order chi connectivity index (χ1) is 7.49. The molecule has 0 radical (unpaired) electrons. The van der Waals surface area contributed by atoms with Gasteiger partial charge in [0.15, 0.2) is 0 Å². The third kappa shape index (κ3) is 2.33. The third-order valence-corrected chi connectivity index (χ3v) is 3.00. The van der Waals surface area contributed by atoms with E-state index in [2.05, 4.69) is 52.1 Å². The van der Waals surface area contributed by atoms with Crippen molar-refractivity contribution < 1.29 is 0 Å². The van der Waals surface area contributed by atoms with Gasteiger partial charge in [0.1, 0.15) is 0 Å². The maximum atomic E-state index is 4.07. The molecule has 0 unspecified atom stereocenters. The summed E-state index contributed by atoms with van der Waals surface area (Å²) in [5.74, 6) is 0. The van der Waals surface area contributed by atoms with Gasteiger partial charge in [0, 0.05) is 0 Å². The summed E-state index contributed by atoms with van der Waals surface area (Å²) in [6, 6.07) is 6.38. The summed E-state index contributed by atoms with van der Waals surface area (Å²) in [6.45, 7) is 16.3. The van der Waals surface area contributed by atoms with Crippen LogP contribution in [0.1, 0.15) is 30.5 Å². The Balaban J connectivity index is 3.51. The van der Waals surface area contributed by atoms with E-state index in [4.69, 9.17) is 0 Å². The highest BCUT2D eigenvalue weighted by molar-refractivity contribution is 5.83. The maximum absolute atomic E-state index is 4.07. The average molecular weight is 212 g/mol. The quantitative estimate of drug-likeness (QED) is 0.629. The predicted molar refractivity (Wildman–Crippen MR) is 73.5 cm³/mol. The van der Waals surface area contributed by atoms with Crippen LogP contribution < -0.4 is 0 Å². The summed E-state index contributed by atoms with van der Waals surface area (Å²) in [7, 11) is 0. The summed E-state index contributed by atoms with van der Waals surface area (Å²) in [5, 5.41) is 0. The van der Waals surface area contributed by atoms with E-state index >= 15 is 0 Å². The lowest BCUT2D eigenvalue weighted by molar-refractivity contribution is 1.30. The van der Waals surface area contributed by atoms with Crippen LogP contribution in [0.15, 0.2) is 48.6 Å². The van der Waals surface area contributed by atoms with E-state index in [1.54, 1.807) is 0 Å². The minimum atomic E-state index is 1.09. The lowest BCUT2D eigenvalue weighted by Gasteiger charge is -2.15. The van der Waals surface area contributed by atoms with Crippen molar-refractivity contribution in [2.75, 3.05) is 0 Å². The SMILES string of the molecule is C=C/C(C)=C(/C(=C)C)c1cccc(C)c1C. The van der Waals surface area contributed by atoms with Gasteiger partial charge in [0.05, 0.1) is 0 Å². The van der Waals surface area contributed by atoms with Crippen molar-refractivity contribution in [3.8, 4) is 0 Å². The molecule has 1 aromatic carbocycles. The summed E-state index contributed by atoms with van der Waals surface area (Å²) >= 11 is 0. The Labute approximate surface area is 99.0 Å². The highest BCUT2D eigenvalue weighted by Crippen LogP contribution is 2.29. The molecular weight excluding hydrogens is 192 g/mol. The van der Waals surface area contributed by atoms with Crippen LogP contribution in [0, 0.1) is 13.8 Å². The number of hydrogen-bond acceptors (Lipinski definition) is 0. The van der Waals surface area contributed by atoms with Gasteiger partial charge < -0.3 is 0 Å². The van der Waals surface area contributed by atoms with Crippen molar-refractivity contribution in [3.63, 3.8) is 0 Å². The molecule has 0 heterocycles. The molecule has 0 aliphatic rings. The van der Waals surface area contributed by atoms with Crippen LogP contribution in [0.5, 0.6) is 0 Å². The molecule has 0 saturated carbocycles. The molecule has 0 spiro atoms. The number of allylic oxidation sites excluding steroid dienone is 4. The normalized spacial score (nSPS) is 12.0. The smallest absolute Gasteiger partial charge is 0.0129 e. The van der Waals surface area contributed by atoms with E-state index in [0.717, 1.165) is 5.57 Å². The van der Waals surface area contributed by atoms with Crippen LogP contribution in [-0.4, -0.2) is 0 Å². The average Bonchev–Trinajstić information content (AvgIpc) is 2.24. The van der Waals surface area contributed by atoms with Crippen LogP contribution >= 0.6 is 0 Å². The van der Waals surface area contributed by atoms with Crippen molar-refractivity contribution in [2.45, 2.75) is 27.7 Å². The minimum absolute atomic E-state index is 1.09. The molecule has 84 valence electrons. The van der Waals surface area contributed by atoms with Gasteiger partial charge in [-0.3, -0.25) is 0 Å². The zero-order valence-electron chi connectivity index (χ0n) is 10.7.